The fourth-order valence-electron chi connectivity index (χ4n) is 3.41. The van der Waals surface area contributed by atoms with Gasteiger partial charge in [0, 0.05) is 13.1 Å². The van der Waals surface area contributed by atoms with E-state index in [4.69, 9.17) is 4.74 Å². The van der Waals surface area contributed by atoms with Crippen LogP contribution in [0.1, 0.15) is 57.5 Å². The van der Waals surface area contributed by atoms with Crippen LogP contribution in [0.25, 0.3) is 0 Å². The molecule has 1 atom stereocenters. The number of carbonyl (C=O) groups excluding carboxylic acids is 1. The molecule has 2 aromatic rings. The number of nitrogens with zero attached hydrogens (tertiary/aromatic N) is 5. The molecule has 0 N–H and O–H groups in total. The first-order valence-corrected chi connectivity index (χ1v) is 9.35. The monoisotopic (exact) mass is 393 g/mol. The Balaban J connectivity index is 1.76. The molecule has 1 amide bonds. The Morgan fingerprint density at radius 1 is 1.18 bits per heavy atom. The van der Waals surface area contributed by atoms with Crippen molar-refractivity contribution in [1.82, 2.24) is 25.1 Å². The summed E-state index contributed by atoms with van der Waals surface area (Å²) in [7, 11) is 0. The number of carbonyl (C=O) groups is 1. The summed E-state index contributed by atoms with van der Waals surface area (Å²) in [6.45, 7) is 6.55. The summed E-state index contributed by atoms with van der Waals surface area (Å²) in [5.74, 6) is -0.493. The Kier molecular flexibility index (Phi) is 5.90. The molecule has 3 rings (SSSR count). The number of amides is 1. The summed E-state index contributed by atoms with van der Waals surface area (Å²) < 4.78 is 31.3. The first-order valence-electron chi connectivity index (χ1n) is 9.35. The molecule has 152 valence electrons. The third-order valence-corrected chi connectivity index (χ3v) is 4.67. The van der Waals surface area contributed by atoms with Gasteiger partial charge in [0.1, 0.15) is 11.6 Å². The predicted molar refractivity (Wildman–Crippen MR) is 97.9 cm³/mol. The van der Waals surface area contributed by atoms with E-state index in [1.54, 1.807) is 4.90 Å². The maximum atomic E-state index is 12.9. The van der Waals surface area contributed by atoms with Crippen molar-refractivity contribution in [2.45, 2.75) is 51.7 Å². The first-order chi connectivity index (χ1) is 13.2. The topological polar surface area (TPSA) is 73.1 Å². The van der Waals surface area contributed by atoms with Crippen LogP contribution in [-0.4, -0.2) is 49.9 Å². The number of piperidine rings is 1. The molecule has 0 bridgehead atoms. The molecule has 1 fully saturated rings. The highest BCUT2D eigenvalue weighted by atomic mass is 19.3. The first kappa shape index (κ1) is 20.2. The lowest BCUT2D eigenvalue weighted by Gasteiger charge is -2.36. The Bertz CT molecular complexity index is 783. The fraction of sp³-hybridized carbons (Fsp3) is 0.579. The number of likely N-dealkylation sites (tertiary alicyclic amines) is 1. The summed E-state index contributed by atoms with van der Waals surface area (Å²) in [5, 5.41) is 11.3. The van der Waals surface area contributed by atoms with Crippen molar-refractivity contribution in [3.63, 3.8) is 0 Å². The van der Waals surface area contributed by atoms with Crippen molar-refractivity contribution < 1.29 is 18.3 Å². The Hall–Kier alpha value is -2.58. The summed E-state index contributed by atoms with van der Waals surface area (Å²) >= 11 is 0. The molecule has 1 aliphatic rings. The minimum Gasteiger partial charge on any atom is -0.444 e. The van der Waals surface area contributed by atoms with E-state index in [2.05, 4.69) is 15.4 Å². The molecule has 2 heterocycles. The molecule has 1 aromatic carbocycles. The van der Waals surface area contributed by atoms with Crippen LogP contribution in [-0.2, 0) is 4.74 Å². The second-order valence-electron chi connectivity index (χ2n) is 7.93. The molecule has 1 unspecified atom stereocenters. The third kappa shape index (κ3) is 4.82. The standard InChI is InChI=1S/C19H25F2N5O2/c1-19(2,3)28-18(27)25-11-9-14(10-12-25)15(13-7-5-4-6-8-13)26-23-17(16(20)21)22-24-26/h4-8,14-16H,9-12H2,1-3H3. The lowest BCUT2D eigenvalue weighted by Crippen LogP contribution is -2.43. The van der Waals surface area contributed by atoms with E-state index >= 15 is 0 Å². The number of tetrazole rings is 1. The molecule has 28 heavy (non-hydrogen) atoms. The largest absolute Gasteiger partial charge is 0.444 e. The number of alkyl halides is 2. The van der Waals surface area contributed by atoms with Crippen LogP contribution in [0.15, 0.2) is 30.3 Å². The Morgan fingerprint density at radius 2 is 1.82 bits per heavy atom. The number of benzene rings is 1. The Labute approximate surface area is 162 Å². The summed E-state index contributed by atoms with van der Waals surface area (Å²) in [6, 6.07) is 9.21. The van der Waals surface area contributed by atoms with Gasteiger partial charge in [0.25, 0.3) is 0 Å². The van der Waals surface area contributed by atoms with Crippen LogP contribution in [0.4, 0.5) is 13.6 Å². The molecule has 1 aromatic heterocycles. The van der Waals surface area contributed by atoms with Crippen LogP contribution >= 0.6 is 0 Å². The highest BCUT2D eigenvalue weighted by Gasteiger charge is 2.34. The van der Waals surface area contributed by atoms with Gasteiger partial charge in [-0.15, -0.1) is 10.2 Å². The molecule has 1 saturated heterocycles. The van der Waals surface area contributed by atoms with Crippen molar-refractivity contribution in [3.8, 4) is 0 Å². The van der Waals surface area contributed by atoms with E-state index in [1.165, 1.54) is 4.80 Å². The zero-order chi connectivity index (χ0) is 20.3. The van der Waals surface area contributed by atoms with E-state index in [0.717, 1.165) is 5.56 Å². The molecule has 9 heteroatoms. The lowest BCUT2D eigenvalue weighted by molar-refractivity contribution is 0.0164. The molecule has 1 aliphatic heterocycles. The maximum Gasteiger partial charge on any atom is 0.410 e. The van der Waals surface area contributed by atoms with Gasteiger partial charge in [-0.2, -0.15) is 4.80 Å². The van der Waals surface area contributed by atoms with Crippen molar-refractivity contribution in [3.05, 3.63) is 41.7 Å². The number of hydrogen-bond acceptors (Lipinski definition) is 5. The van der Waals surface area contributed by atoms with Crippen molar-refractivity contribution in [1.29, 1.82) is 0 Å². The normalized spacial score (nSPS) is 17.0. The molecule has 0 saturated carbocycles. The molecular weight excluding hydrogens is 368 g/mol. The predicted octanol–water partition coefficient (Wildman–Crippen LogP) is 3.85. The van der Waals surface area contributed by atoms with E-state index in [0.29, 0.717) is 25.9 Å². The minimum absolute atomic E-state index is 0.0841. The van der Waals surface area contributed by atoms with E-state index in [9.17, 15) is 13.6 Å². The molecule has 0 spiro atoms. The molecule has 0 aliphatic carbocycles. The second-order valence-corrected chi connectivity index (χ2v) is 7.93. The number of rotatable bonds is 4. The zero-order valence-corrected chi connectivity index (χ0v) is 16.3. The van der Waals surface area contributed by atoms with Gasteiger partial charge in [0.05, 0.1) is 0 Å². The van der Waals surface area contributed by atoms with Crippen LogP contribution in [0.5, 0.6) is 0 Å². The van der Waals surface area contributed by atoms with Gasteiger partial charge < -0.3 is 9.64 Å². The van der Waals surface area contributed by atoms with Gasteiger partial charge in [0.2, 0.25) is 5.82 Å². The number of halogens is 2. The third-order valence-electron chi connectivity index (χ3n) is 4.67. The fourth-order valence-corrected chi connectivity index (χ4v) is 3.41. The van der Waals surface area contributed by atoms with Crippen molar-refractivity contribution >= 4 is 6.09 Å². The van der Waals surface area contributed by atoms with E-state index < -0.39 is 17.9 Å². The van der Waals surface area contributed by atoms with Gasteiger partial charge >= 0.3 is 12.5 Å². The number of hydrogen-bond donors (Lipinski definition) is 0. The van der Waals surface area contributed by atoms with Crippen LogP contribution in [0.2, 0.25) is 0 Å². The summed E-state index contributed by atoms with van der Waals surface area (Å²) in [4.78, 5) is 15.3. The highest BCUT2D eigenvalue weighted by Crippen LogP contribution is 2.33. The van der Waals surface area contributed by atoms with E-state index in [1.807, 2.05) is 51.1 Å². The van der Waals surface area contributed by atoms with E-state index in [-0.39, 0.29) is 18.1 Å². The molecule has 0 radical (unpaired) electrons. The molecular formula is C19H25F2N5O2. The second kappa shape index (κ2) is 8.20. The molecule has 7 nitrogen and oxygen atoms in total. The van der Waals surface area contributed by atoms with Gasteiger partial charge in [-0.05, 0) is 50.3 Å². The summed E-state index contributed by atoms with van der Waals surface area (Å²) in [6.07, 6.45) is -1.73. The van der Waals surface area contributed by atoms with Crippen molar-refractivity contribution in [2.75, 3.05) is 13.1 Å². The Morgan fingerprint density at radius 3 is 2.36 bits per heavy atom. The summed E-state index contributed by atoms with van der Waals surface area (Å²) in [5.41, 5.74) is 0.382. The van der Waals surface area contributed by atoms with Crippen LogP contribution < -0.4 is 0 Å². The number of aromatic nitrogens is 4. The number of ether oxygens (including phenoxy) is 1. The zero-order valence-electron chi connectivity index (χ0n) is 16.3. The van der Waals surface area contributed by atoms with Crippen molar-refractivity contribution in [2.24, 2.45) is 5.92 Å². The van der Waals surface area contributed by atoms with Crippen LogP contribution in [0.3, 0.4) is 0 Å². The lowest BCUT2D eigenvalue weighted by atomic mass is 9.86. The SMILES string of the molecule is CC(C)(C)OC(=O)N1CCC(C(c2ccccc2)n2nnc(C(F)F)n2)CC1. The van der Waals surface area contributed by atoms with Crippen LogP contribution in [0, 0.1) is 5.92 Å². The highest BCUT2D eigenvalue weighted by molar-refractivity contribution is 5.68. The van der Waals surface area contributed by atoms with Gasteiger partial charge in [-0.3, -0.25) is 0 Å². The maximum absolute atomic E-state index is 12.9. The van der Waals surface area contributed by atoms with Gasteiger partial charge in [-0.1, -0.05) is 30.3 Å². The average molecular weight is 393 g/mol. The van der Waals surface area contributed by atoms with Gasteiger partial charge in [0.15, 0.2) is 0 Å². The van der Waals surface area contributed by atoms with Gasteiger partial charge in [-0.25, -0.2) is 13.6 Å². The smallest absolute Gasteiger partial charge is 0.410 e. The minimum atomic E-state index is -2.76. The quantitative estimate of drug-likeness (QED) is 0.789. The average Bonchev–Trinajstić information content (AvgIpc) is 3.12.